The molecule has 1 saturated carbocycles. The Balaban J connectivity index is 1.28. The van der Waals surface area contributed by atoms with E-state index in [1.165, 1.54) is 0 Å². The van der Waals surface area contributed by atoms with Gasteiger partial charge in [0.05, 0.1) is 26.5 Å². The quantitative estimate of drug-likeness (QED) is 0.752. The Bertz CT molecular complexity index is 832. The van der Waals surface area contributed by atoms with E-state index in [-0.39, 0.29) is 5.91 Å². The van der Waals surface area contributed by atoms with Gasteiger partial charge in [0.2, 0.25) is 0 Å². The molecule has 8 nitrogen and oxygen atoms in total. The highest BCUT2D eigenvalue weighted by Gasteiger charge is 2.26. The van der Waals surface area contributed by atoms with Crippen molar-refractivity contribution >= 4 is 5.91 Å². The van der Waals surface area contributed by atoms with Gasteiger partial charge in [-0.05, 0) is 56.2 Å². The van der Waals surface area contributed by atoms with E-state index in [9.17, 15) is 4.79 Å². The fourth-order valence-electron chi connectivity index (χ4n) is 4.41. The smallest absolute Gasteiger partial charge is 0.276 e. The molecule has 30 heavy (non-hydrogen) atoms. The number of nitrogens with zero attached hydrogens (tertiary/aromatic N) is 4. The van der Waals surface area contributed by atoms with Gasteiger partial charge < -0.3 is 19.7 Å². The van der Waals surface area contributed by atoms with Gasteiger partial charge in [0, 0.05) is 31.7 Å². The first-order valence-corrected chi connectivity index (χ1v) is 10.8. The van der Waals surface area contributed by atoms with E-state index in [1.54, 1.807) is 14.2 Å². The summed E-state index contributed by atoms with van der Waals surface area (Å²) in [6.45, 7) is 2.45. The Morgan fingerprint density at radius 3 is 2.37 bits per heavy atom. The lowest BCUT2D eigenvalue weighted by Crippen LogP contribution is -2.33. The molecule has 0 unspecified atom stereocenters. The summed E-state index contributed by atoms with van der Waals surface area (Å²) in [6, 6.07) is 6.74. The third-order valence-electron chi connectivity index (χ3n) is 6.20. The molecule has 0 spiro atoms. The van der Waals surface area contributed by atoms with E-state index in [2.05, 4.69) is 15.6 Å². The zero-order valence-electron chi connectivity index (χ0n) is 17.8. The second-order valence-corrected chi connectivity index (χ2v) is 8.19. The number of rotatable bonds is 7. The molecule has 0 radical (unpaired) electrons. The molecule has 0 atom stereocenters. The number of benzene rings is 1. The molecule has 1 amide bonds. The average Bonchev–Trinajstić information content (AvgIpc) is 3.50. The van der Waals surface area contributed by atoms with E-state index in [0.717, 1.165) is 75.2 Å². The third kappa shape index (κ3) is 4.75. The molecule has 1 aromatic heterocycles. The molecule has 1 aromatic carbocycles. The summed E-state index contributed by atoms with van der Waals surface area (Å²) >= 11 is 0. The van der Waals surface area contributed by atoms with E-state index in [4.69, 9.17) is 9.47 Å². The van der Waals surface area contributed by atoms with Crippen LogP contribution in [0.15, 0.2) is 24.4 Å². The Labute approximate surface area is 177 Å². The number of ether oxygens (including phenoxy) is 2. The van der Waals surface area contributed by atoms with Crippen LogP contribution in [0.1, 0.15) is 60.6 Å². The molecule has 1 saturated heterocycles. The number of amides is 1. The SMILES string of the molecule is COc1cc(CNC2CCC(n3cc(C(=O)N4CCCC4)nn3)CC2)cc(OC)c1. The van der Waals surface area contributed by atoms with Crippen LogP contribution in [0, 0.1) is 0 Å². The van der Waals surface area contributed by atoms with Gasteiger partial charge >= 0.3 is 0 Å². The lowest BCUT2D eigenvalue weighted by Gasteiger charge is -2.29. The predicted molar refractivity (Wildman–Crippen MR) is 113 cm³/mol. The monoisotopic (exact) mass is 413 g/mol. The first kappa shape index (κ1) is 20.7. The van der Waals surface area contributed by atoms with Crippen molar-refractivity contribution in [2.24, 2.45) is 0 Å². The number of methoxy groups -OCH3 is 2. The fraction of sp³-hybridized carbons (Fsp3) is 0.591. The van der Waals surface area contributed by atoms with Crippen LogP contribution in [-0.4, -0.2) is 59.2 Å². The zero-order chi connectivity index (χ0) is 20.9. The van der Waals surface area contributed by atoms with Crippen LogP contribution in [0.4, 0.5) is 0 Å². The Kier molecular flexibility index (Phi) is 6.52. The minimum Gasteiger partial charge on any atom is -0.497 e. The van der Waals surface area contributed by atoms with Crippen molar-refractivity contribution in [3.63, 3.8) is 0 Å². The van der Waals surface area contributed by atoms with Gasteiger partial charge in [-0.3, -0.25) is 4.79 Å². The second-order valence-electron chi connectivity index (χ2n) is 8.19. The van der Waals surface area contributed by atoms with Crippen molar-refractivity contribution < 1.29 is 14.3 Å². The van der Waals surface area contributed by atoms with Gasteiger partial charge in [-0.15, -0.1) is 5.10 Å². The first-order valence-electron chi connectivity index (χ1n) is 10.8. The van der Waals surface area contributed by atoms with Crippen LogP contribution in [0.5, 0.6) is 11.5 Å². The molecule has 2 aromatic rings. The Morgan fingerprint density at radius 2 is 1.73 bits per heavy atom. The molecule has 1 aliphatic carbocycles. The molecular weight excluding hydrogens is 382 g/mol. The molecule has 4 rings (SSSR count). The summed E-state index contributed by atoms with van der Waals surface area (Å²) in [5.41, 5.74) is 1.62. The van der Waals surface area contributed by atoms with Crippen LogP contribution < -0.4 is 14.8 Å². The summed E-state index contributed by atoms with van der Waals surface area (Å²) in [4.78, 5) is 14.4. The van der Waals surface area contributed by atoms with E-state index in [1.807, 2.05) is 34.0 Å². The van der Waals surface area contributed by atoms with E-state index in [0.29, 0.717) is 17.8 Å². The largest absolute Gasteiger partial charge is 0.497 e. The lowest BCUT2D eigenvalue weighted by atomic mass is 9.91. The number of nitrogens with one attached hydrogen (secondary N) is 1. The Morgan fingerprint density at radius 1 is 1.07 bits per heavy atom. The summed E-state index contributed by atoms with van der Waals surface area (Å²) in [5, 5.41) is 12.1. The van der Waals surface area contributed by atoms with Crippen molar-refractivity contribution in [1.82, 2.24) is 25.2 Å². The van der Waals surface area contributed by atoms with Gasteiger partial charge in [0.1, 0.15) is 11.5 Å². The van der Waals surface area contributed by atoms with Crippen LogP contribution in [0.3, 0.4) is 0 Å². The van der Waals surface area contributed by atoms with Gasteiger partial charge in [-0.2, -0.15) is 0 Å². The normalized spacial score (nSPS) is 21.6. The summed E-state index contributed by atoms with van der Waals surface area (Å²) in [7, 11) is 3.34. The number of hydrogen-bond acceptors (Lipinski definition) is 6. The van der Waals surface area contributed by atoms with Crippen molar-refractivity contribution in [3.05, 3.63) is 35.7 Å². The highest BCUT2D eigenvalue weighted by Crippen LogP contribution is 2.29. The minimum atomic E-state index is 0.0165. The number of carbonyl (C=O) groups excluding carboxylic acids is 1. The maximum atomic E-state index is 12.5. The van der Waals surface area contributed by atoms with Gasteiger partial charge in [-0.25, -0.2) is 4.68 Å². The summed E-state index contributed by atoms with van der Waals surface area (Å²) in [5.74, 6) is 1.63. The number of hydrogen-bond donors (Lipinski definition) is 1. The maximum absolute atomic E-state index is 12.5. The van der Waals surface area contributed by atoms with Crippen molar-refractivity contribution in [3.8, 4) is 11.5 Å². The summed E-state index contributed by atoms with van der Waals surface area (Å²) in [6.07, 6.45) is 8.20. The third-order valence-corrected chi connectivity index (χ3v) is 6.20. The predicted octanol–water partition coefficient (Wildman–Crippen LogP) is 2.80. The maximum Gasteiger partial charge on any atom is 0.276 e. The van der Waals surface area contributed by atoms with Gasteiger partial charge in [0.15, 0.2) is 5.69 Å². The van der Waals surface area contributed by atoms with Crippen LogP contribution in [0.2, 0.25) is 0 Å². The van der Waals surface area contributed by atoms with Gasteiger partial charge in [0.25, 0.3) is 5.91 Å². The molecule has 0 bridgehead atoms. The Hall–Kier alpha value is -2.61. The van der Waals surface area contributed by atoms with E-state index < -0.39 is 0 Å². The topological polar surface area (TPSA) is 81.5 Å². The van der Waals surface area contributed by atoms with Crippen LogP contribution in [-0.2, 0) is 6.54 Å². The highest BCUT2D eigenvalue weighted by molar-refractivity contribution is 5.92. The molecule has 2 aliphatic rings. The van der Waals surface area contributed by atoms with Crippen molar-refractivity contribution in [1.29, 1.82) is 0 Å². The first-order chi connectivity index (χ1) is 14.7. The lowest BCUT2D eigenvalue weighted by molar-refractivity contribution is 0.0787. The minimum absolute atomic E-state index is 0.0165. The summed E-state index contributed by atoms with van der Waals surface area (Å²) < 4.78 is 12.6. The van der Waals surface area contributed by atoms with Crippen LogP contribution in [0.25, 0.3) is 0 Å². The fourth-order valence-corrected chi connectivity index (χ4v) is 4.41. The van der Waals surface area contributed by atoms with Crippen LogP contribution >= 0.6 is 0 Å². The number of carbonyl (C=O) groups is 1. The molecule has 8 heteroatoms. The molecular formula is C22H31N5O3. The molecule has 2 heterocycles. The average molecular weight is 414 g/mol. The molecule has 162 valence electrons. The zero-order valence-corrected chi connectivity index (χ0v) is 17.8. The number of aromatic nitrogens is 3. The highest BCUT2D eigenvalue weighted by atomic mass is 16.5. The van der Waals surface area contributed by atoms with Crippen molar-refractivity contribution in [2.45, 2.75) is 57.2 Å². The molecule has 1 N–H and O–H groups in total. The van der Waals surface area contributed by atoms with Gasteiger partial charge in [-0.1, -0.05) is 5.21 Å². The van der Waals surface area contributed by atoms with Crippen molar-refractivity contribution in [2.75, 3.05) is 27.3 Å². The van der Waals surface area contributed by atoms with E-state index >= 15 is 0 Å². The second kappa shape index (κ2) is 9.47. The number of likely N-dealkylation sites (tertiary alicyclic amines) is 1. The molecule has 1 aliphatic heterocycles. The standard InChI is InChI=1S/C22H31N5O3/c1-29-19-11-16(12-20(13-19)30-2)14-23-17-5-7-18(8-6-17)27-15-21(24-25-27)22(28)26-9-3-4-10-26/h11-13,15,17-18,23H,3-10,14H2,1-2H3. The molecule has 2 fully saturated rings.